The van der Waals surface area contributed by atoms with Gasteiger partial charge < -0.3 is 4.74 Å². The van der Waals surface area contributed by atoms with E-state index in [0.717, 1.165) is 5.56 Å². The third-order valence-electron chi connectivity index (χ3n) is 2.23. The minimum atomic E-state index is -0.381. The van der Waals surface area contributed by atoms with Crippen molar-refractivity contribution >= 4 is 0 Å². The van der Waals surface area contributed by atoms with E-state index >= 15 is 0 Å². The highest BCUT2D eigenvalue weighted by Crippen LogP contribution is 2.21. The van der Waals surface area contributed by atoms with Crippen LogP contribution >= 0.6 is 0 Å². The predicted octanol–water partition coefficient (Wildman–Crippen LogP) is 1.25. The third kappa shape index (κ3) is 1.92. The summed E-state index contributed by atoms with van der Waals surface area (Å²) in [7, 11) is 0. The minimum absolute atomic E-state index is 0.0467. The largest absolute Gasteiger partial charge is 0.353 e. The van der Waals surface area contributed by atoms with E-state index in [1.807, 2.05) is 30.3 Å². The molecule has 1 radical (unpaired) electrons. The van der Waals surface area contributed by atoms with Crippen LogP contribution in [-0.2, 0) is 4.74 Å². The van der Waals surface area contributed by atoms with Gasteiger partial charge in [0, 0.05) is 6.54 Å². The zero-order chi connectivity index (χ0) is 9.80. The van der Waals surface area contributed by atoms with Gasteiger partial charge in [0.05, 0.1) is 18.7 Å². The summed E-state index contributed by atoms with van der Waals surface area (Å²) in [6.07, 6.45) is -0.427. The molecule has 1 saturated heterocycles. The topological polar surface area (TPSA) is 47.1 Å². The van der Waals surface area contributed by atoms with Crippen LogP contribution in [0.3, 0.4) is 0 Å². The Bertz CT molecular complexity index is 331. The molecule has 1 fully saturated rings. The van der Waals surface area contributed by atoms with Crippen molar-refractivity contribution in [2.24, 2.45) is 0 Å². The maximum absolute atomic E-state index is 8.72. The molecule has 2 unspecified atom stereocenters. The van der Waals surface area contributed by atoms with Crippen molar-refractivity contribution in [3.05, 3.63) is 35.9 Å². The van der Waals surface area contributed by atoms with Crippen molar-refractivity contribution in [3.8, 4) is 6.07 Å². The molecule has 2 rings (SSSR count). The van der Waals surface area contributed by atoms with Gasteiger partial charge in [0.25, 0.3) is 0 Å². The lowest BCUT2D eigenvalue weighted by atomic mass is 10.1. The molecule has 3 heteroatoms. The van der Waals surface area contributed by atoms with E-state index in [1.54, 1.807) is 0 Å². The lowest BCUT2D eigenvalue weighted by molar-refractivity contribution is -0.0115. The maximum Gasteiger partial charge on any atom is 0.158 e. The molecule has 0 amide bonds. The SMILES string of the molecule is N#CC1C[N]CC(c2ccccc2)O1. The number of hydrogen-bond donors (Lipinski definition) is 0. The van der Waals surface area contributed by atoms with Crippen LogP contribution in [0.5, 0.6) is 0 Å². The smallest absolute Gasteiger partial charge is 0.158 e. The maximum atomic E-state index is 8.72. The van der Waals surface area contributed by atoms with Crippen LogP contribution < -0.4 is 5.32 Å². The molecule has 0 N–H and O–H groups in total. The molecule has 2 atom stereocenters. The highest BCUT2D eigenvalue weighted by molar-refractivity contribution is 5.18. The number of nitrogens with zero attached hydrogens (tertiary/aromatic N) is 2. The summed E-state index contributed by atoms with van der Waals surface area (Å²) in [5.74, 6) is 0. The van der Waals surface area contributed by atoms with Gasteiger partial charge in [0.2, 0.25) is 0 Å². The number of morpholine rings is 1. The molecule has 1 heterocycles. The Morgan fingerprint density at radius 2 is 2.07 bits per heavy atom. The molecule has 0 bridgehead atoms. The van der Waals surface area contributed by atoms with Gasteiger partial charge in [-0.3, -0.25) is 0 Å². The molecule has 1 aliphatic rings. The molecule has 1 aromatic rings. The van der Waals surface area contributed by atoms with Crippen LogP contribution in [0.25, 0.3) is 0 Å². The summed E-state index contributed by atoms with van der Waals surface area (Å²) in [6, 6.07) is 12.0. The average Bonchev–Trinajstić information content (AvgIpc) is 2.30. The Kier molecular flexibility index (Phi) is 2.78. The first-order valence-corrected chi connectivity index (χ1v) is 4.63. The Balaban J connectivity index is 2.09. The van der Waals surface area contributed by atoms with Crippen molar-refractivity contribution in [2.45, 2.75) is 12.2 Å². The Morgan fingerprint density at radius 3 is 2.79 bits per heavy atom. The van der Waals surface area contributed by atoms with Gasteiger partial charge in [0.1, 0.15) is 0 Å². The quantitative estimate of drug-likeness (QED) is 0.664. The fourth-order valence-corrected chi connectivity index (χ4v) is 1.52. The molecule has 1 aliphatic heterocycles. The summed E-state index contributed by atoms with van der Waals surface area (Å²) in [5, 5.41) is 13.0. The van der Waals surface area contributed by atoms with Gasteiger partial charge in [-0.15, -0.1) is 0 Å². The van der Waals surface area contributed by atoms with E-state index in [9.17, 15) is 0 Å². The normalized spacial score (nSPS) is 26.8. The summed E-state index contributed by atoms with van der Waals surface area (Å²) < 4.78 is 5.57. The van der Waals surface area contributed by atoms with Crippen molar-refractivity contribution in [2.75, 3.05) is 13.1 Å². The van der Waals surface area contributed by atoms with Gasteiger partial charge >= 0.3 is 0 Å². The Morgan fingerprint density at radius 1 is 1.29 bits per heavy atom. The van der Waals surface area contributed by atoms with Gasteiger partial charge in [-0.1, -0.05) is 30.3 Å². The van der Waals surface area contributed by atoms with Crippen molar-refractivity contribution in [1.82, 2.24) is 5.32 Å². The lowest BCUT2D eigenvalue weighted by Crippen LogP contribution is -2.35. The number of nitriles is 1. The fourth-order valence-electron chi connectivity index (χ4n) is 1.52. The van der Waals surface area contributed by atoms with E-state index in [0.29, 0.717) is 13.1 Å². The van der Waals surface area contributed by atoms with Crippen LogP contribution in [0.1, 0.15) is 11.7 Å². The molecule has 0 aromatic heterocycles. The van der Waals surface area contributed by atoms with E-state index in [1.165, 1.54) is 0 Å². The Labute approximate surface area is 83.3 Å². The van der Waals surface area contributed by atoms with Crippen LogP contribution in [0.4, 0.5) is 0 Å². The highest BCUT2D eigenvalue weighted by atomic mass is 16.5. The number of benzene rings is 1. The zero-order valence-corrected chi connectivity index (χ0v) is 7.76. The summed E-state index contributed by atoms with van der Waals surface area (Å²) in [5.41, 5.74) is 1.09. The molecule has 71 valence electrons. The first-order chi connectivity index (χ1) is 6.90. The van der Waals surface area contributed by atoms with E-state index in [-0.39, 0.29) is 12.2 Å². The van der Waals surface area contributed by atoms with Crippen LogP contribution in [-0.4, -0.2) is 19.2 Å². The molecule has 0 spiro atoms. The van der Waals surface area contributed by atoms with E-state index in [2.05, 4.69) is 11.4 Å². The summed E-state index contributed by atoms with van der Waals surface area (Å²) in [6.45, 7) is 1.15. The number of rotatable bonds is 1. The van der Waals surface area contributed by atoms with Gasteiger partial charge in [-0.25, -0.2) is 5.32 Å². The summed E-state index contributed by atoms with van der Waals surface area (Å²) >= 11 is 0. The molecule has 1 aromatic carbocycles. The van der Waals surface area contributed by atoms with Crippen LogP contribution in [0, 0.1) is 11.3 Å². The lowest BCUT2D eigenvalue weighted by Gasteiger charge is -2.26. The Hall–Kier alpha value is -1.37. The van der Waals surface area contributed by atoms with Gasteiger partial charge in [-0.05, 0) is 5.56 Å². The first kappa shape index (κ1) is 9.20. The molecule has 0 saturated carbocycles. The second-order valence-electron chi connectivity index (χ2n) is 3.24. The fraction of sp³-hybridized carbons (Fsp3) is 0.364. The van der Waals surface area contributed by atoms with E-state index < -0.39 is 0 Å². The molecular formula is C11H11N2O. The highest BCUT2D eigenvalue weighted by Gasteiger charge is 2.23. The predicted molar refractivity (Wildman–Crippen MR) is 51.5 cm³/mol. The third-order valence-corrected chi connectivity index (χ3v) is 2.23. The van der Waals surface area contributed by atoms with Crippen LogP contribution in [0.15, 0.2) is 30.3 Å². The molecule has 14 heavy (non-hydrogen) atoms. The number of ether oxygens (including phenoxy) is 1. The minimum Gasteiger partial charge on any atom is -0.353 e. The zero-order valence-electron chi connectivity index (χ0n) is 7.76. The average molecular weight is 187 g/mol. The standard InChI is InChI=1S/C11H11N2O/c12-6-10-7-13-8-11(14-10)9-4-2-1-3-5-9/h1-5,10-11H,7-8H2. The van der Waals surface area contributed by atoms with Gasteiger partial charge in [0.15, 0.2) is 6.10 Å². The second kappa shape index (κ2) is 4.23. The monoisotopic (exact) mass is 187 g/mol. The number of hydrogen-bond acceptors (Lipinski definition) is 2. The van der Waals surface area contributed by atoms with Crippen molar-refractivity contribution in [3.63, 3.8) is 0 Å². The molecule has 3 nitrogen and oxygen atoms in total. The van der Waals surface area contributed by atoms with Crippen molar-refractivity contribution in [1.29, 1.82) is 5.26 Å². The molecular weight excluding hydrogens is 176 g/mol. The van der Waals surface area contributed by atoms with Crippen LogP contribution in [0.2, 0.25) is 0 Å². The second-order valence-corrected chi connectivity index (χ2v) is 3.24. The van der Waals surface area contributed by atoms with Crippen molar-refractivity contribution < 1.29 is 4.74 Å². The first-order valence-electron chi connectivity index (χ1n) is 4.63. The van der Waals surface area contributed by atoms with Gasteiger partial charge in [-0.2, -0.15) is 5.26 Å². The summed E-state index contributed by atoms with van der Waals surface area (Å²) in [4.78, 5) is 0. The van der Waals surface area contributed by atoms with E-state index in [4.69, 9.17) is 10.00 Å². The molecule has 0 aliphatic carbocycles.